The Morgan fingerprint density at radius 2 is 1.53 bits per heavy atom. The van der Waals surface area contributed by atoms with Crippen LogP contribution in [0.25, 0.3) is 0 Å². The van der Waals surface area contributed by atoms with E-state index < -0.39 is 58.8 Å². The van der Waals surface area contributed by atoms with Gasteiger partial charge in [0, 0.05) is 24.7 Å². The summed E-state index contributed by atoms with van der Waals surface area (Å²) in [7, 11) is 0. The van der Waals surface area contributed by atoms with Crippen molar-refractivity contribution in [2.75, 3.05) is 13.2 Å². The van der Waals surface area contributed by atoms with E-state index >= 15 is 0 Å². The zero-order valence-electron chi connectivity index (χ0n) is 20.3. The monoisotopic (exact) mass is 553 g/mol. The average molecular weight is 553 g/mol. The summed E-state index contributed by atoms with van der Waals surface area (Å²) in [5.74, 6) is -0.646. The Balaban J connectivity index is 2.08. The van der Waals surface area contributed by atoms with Crippen molar-refractivity contribution in [3.8, 4) is 0 Å². The van der Waals surface area contributed by atoms with Gasteiger partial charge in [-0.25, -0.2) is 4.79 Å². The van der Waals surface area contributed by atoms with Gasteiger partial charge in [0.2, 0.25) is 0 Å². The van der Waals surface area contributed by atoms with E-state index in [2.05, 4.69) is 0 Å². The van der Waals surface area contributed by atoms with Gasteiger partial charge in [-0.05, 0) is 68.1 Å². The highest BCUT2D eigenvalue weighted by Gasteiger charge is 2.41. The fourth-order valence-corrected chi connectivity index (χ4v) is 4.57. The van der Waals surface area contributed by atoms with Crippen molar-refractivity contribution in [1.29, 1.82) is 0 Å². The normalized spacial score (nSPS) is 19.4. The van der Waals surface area contributed by atoms with E-state index in [0.29, 0.717) is 29.3 Å². The molecule has 2 aromatic rings. The first kappa shape index (κ1) is 29.5. The lowest BCUT2D eigenvalue weighted by molar-refractivity contribution is -0.142. The number of piperidine rings is 1. The van der Waals surface area contributed by atoms with Crippen LogP contribution in [0.5, 0.6) is 0 Å². The highest BCUT2D eigenvalue weighted by molar-refractivity contribution is 5.82. The van der Waals surface area contributed by atoms with Gasteiger partial charge in [-0.2, -0.15) is 39.5 Å². The Kier molecular flexibility index (Phi) is 8.55. The van der Waals surface area contributed by atoms with Crippen LogP contribution in [0.1, 0.15) is 66.6 Å². The number of rotatable bonds is 5. The number of alkyl halides is 9. The second-order valence-corrected chi connectivity index (χ2v) is 8.86. The molecule has 1 saturated heterocycles. The minimum absolute atomic E-state index is 0.0334. The van der Waals surface area contributed by atoms with Gasteiger partial charge in [0.05, 0.1) is 23.3 Å². The van der Waals surface area contributed by atoms with Crippen LogP contribution in [-0.4, -0.2) is 24.0 Å². The number of nitrogens with zero attached hydrogens (tertiary/aromatic N) is 1. The molecule has 0 spiro atoms. The first-order chi connectivity index (χ1) is 17.5. The zero-order valence-corrected chi connectivity index (χ0v) is 20.3. The van der Waals surface area contributed by atoms with Crippen LogP contribution < -0.4 is 0 Å². The molecular weight excluding hydrogens is 529 g/mol. The summed E-state index contributed by atoms with van der Waals surface area (Å²) in [6.45, 7) is 3.05. The van der Waals surface area contributed by atoms with Crippen LogP contribution >= 0.6 is 0 Å². The molecule has 1 aliphatic rings. The van der Waals surface area contributed by atoms with Crippen LogP contribution in [0.3, 0.4) is 0 Å². The van der Waals surface area contributed by atoms with E-state index in [9.17, 15) is 44.3 Å². The maximum atomic E-state index is 13.8. The summed E-state index contributed by atoms with van der Waals surface area (Å²) in [5.41, 5.74) is -3.18. The highest BCUT2D eigenvalue weighted by atomic mass is 19.4. The third kappa shape index (κ3) is 6.89. The van der Waals surface area contributed by atoms with Crippen molar-refractivity contribution in [2.24, 2.45) is 0 Å². The maximum Gasteiger partial charge on any atom is 0.416 e. The number of hydrogen-bond donors (Lipinski definition) is 0. The first-order valence-corrected chi connectivity index (χ1v) is 11.6. The highest BCUT2D eigenvalue weighted by Crippen LogP contribution is 2.45. The summed E-state index contributed by atoms with van der Waals surface area (Å²) in [4.78, 5) is 13.5. The molecule has 38 heavy (non-hydrogen) atoms. The van der Waals surface area contributed by atoms with Gasteiger partial charge in [0.15, 0.2) is 0 Å². The minimum Gasteiger partial charge on any atom is -0.463 e. The van der Waals surface area contributed by atoms with Crippen molar-refractivity contribution >= 4 is 5.97 Å². The van der Waals surface area contributed by atoms with Gasteiger partial charge in [-0.1, -0.05) is 17.7 Å². The molecule has 0 bridgehead atoms. The molecule has 1 fully saturated rings. The summed E-state index contributed by atoms with van der Waals surface area (Å²) in [6, 6.07) is 3.19. The summed E-state index contributed by atoms with van der Waals surface area (Å²) in [6.07, 6.45) is -13.0. The van der Waals surface area contributed by atoms with Crippen molar-refractivity contribution in [3.05, 3.63) is 81.9 Å². The number of halogens is 9. The number of benzene rings is 2. The van der Waals surface area contributed by atoms with E-state index in [0.717, 1.165) is 12.1 Å². The predicted octanol–water partition coefficient (Wildman–Crippen LogP) is 8.13. The van der Waals surface area contributed by atoms with Crippen LogP contribution in [0.4, 0.5) is 39.5 Å². The second-order valence-electron chi connectivity index (χ2n) is 8.86. The molecule has 0 aromatic heterocycles. The van der Waals surface area contributed by atoms with E-state index in [1.807, 2.05) is 0 Å². The number of likely N-dealkylation sites (tertiary alicyclic amines) is 1. The molecule has 0 unspecified atom stereocenters. The number of carbonyl (C=O) groups is 1. The van der Waals surface area contributed by atoms with E-state index in [1.165, 1.54) is 30.0 Å². The van der Waals surface area contributed by atoms with Crippen LogP contribution in [0.15, 0.2) is 54.1 Å². The van der Waals surface area contributed by atoms with E-state index in [4.69, 9.17) is 4.74 Å². The van der Waals surface area contributed by atoms with Crippen molar-refractivity contribution < 1.29 is 49.0 Å². The predicted molar refractivity (Wildman–Crippen MR) is 120 cm³/mol. The third-order valence-electron chi connectivity index (χ3n) is 6.41. The molecule has 3 rings (SSSR count). The zero-order chi connectivity index (χ0) is 28.5. The summed E-state index contributed by atoms with van der Waals surface area (Å²) >= 11 is 0. The molecule has 0 saturated carbocycles. The van der Waals surface area contributed by atoms with Crippen LogP contribution in [0, 0.1) is 0 Å². The largest absolute Gasteiger partial charge is 0.463 e. The topological polar surface area (TPSA) is 29.5 Å². The van der Waals surface area contributed by atoms with Crippen molar-refractivity contribution in [3.63, 3.8) is 0 Å². The molecule has 1 aliphatic heterocycles. The Bertz CT molecular complexity index is 1170. The number of esters is 1. The maximum absolute atomic E-state index is 13.8. The third-order valence-corrected chi connectivity index (χ3v) is 6.41. The van der Waals surface area contributed by atoms with Crippen LogP contribution in [-0.2, 0) is 28.1 Å². The Hall–Kier alpha value is -3.02. The fraction of sp³-hybridized carbons (Fsp3) is 0.423. The molecule has 2 aromatic carbocycles. The quantitative estimate of drug-likeness (QED) is 0.213. The van der Waals surface area contributed by atoms with Gasteiger partial charge in [-0.15, -0.1) is 0 Å². The summed E-state index contributed by atoms with van der Waals surface area (Å²) < 4.78 is 126. The van der Waals surface area contributed by atoms with Gasteiger partial charge >= 0.3 is 24.5 Å². The van der Waals surface area contributed by atoms with Crippen molar-refractivity contribution in [2.45, 2.75) is 57.3 Å². The lowest BCUT2D eigenvalue weighted by Gasteiger charge is -2.42. The molecular formula is C26H24F9NO2. The fourth-order valence-electron chi connectivity index (χ4n) is 4.57. The molecule has 3 nitrogen and oxygen atoms in total. The second kappa shape index (κ2) is 11.0. The van der Waals surface area contributed by atoms with Gasteiger partial charge in [0.1, 0.15) is 0 Å². The molecule has 0 aliphatic carbocycles. The minimum atomic E-state index is -4.94. The Morgan fingerprint density at radius 1 is 0.947 bits per heavy atom. The van der Waals surface area contributed by atoms with Gasteiger partial charge in [0.25, 0.3) is 0 Å². The molecule has 2 atom stereocenters. The molecule has 0 N–H and O–H groups in total. The molecule has 12 heteroatoms. The van der Waals surface area contributed by atoms with Gasteiger partial charge in [-0.3, -0.25) is 4.90 Å². The smallest absolute Gasteiger partial charge is 0.416 e. The molecule has 1 heterocycles. The average Bonchev–Trinajstić information content (AvgIpc) is 2.82. The molecule has 208 valence electrons. The van der Waals surface area contributed by atoms with Crippen molar-refractivity contribution in [1.82, 2.24) is 4.90 Å². The first-order valence-electron chi connectivity index (χ1n) is 11.6. The molecule has 0 radical (unpaired) electrons. The Morgan fingerprint density at radius 3 is 2.05 bits per heavy atom. The Labute approximate surface area is 212 Å². The lowest BCUT2D eigenvalue weighted by Crippen LogP contribution is -2.37. The summed E-state index contributed by atoms with van der Waals surface area (Å²) in [5, 5.41) is 0. The molecule has 0 amide bonds. The van der Waals surface area contributed by atoms with Crippen LogP contribution in [0.2, 0.25) is 0 Å². The number of ether oxygens (including phenoxy) is 1. The number of carbonyl (C=O) groups excluding carboxylic acids is 1. The lowest BCUT2D eigenvalue weighted by atomic mass is 9.87. The van der Waals surface area contributed by atoms with E-state index in [-0.39, 0.29) is 26.0 Å². The standard InChI is InChI=1S/C26H24F9NO2/c1-3-38-23(37)13-16-10-11-36(22(12-16)17-4-6-18(7-5-17)24(27,28)29)15(2)20-14-19(25(30,31)32)8-9-21(20)26(33,34)35/h4-9,13-15,22H,3,10-12H2,1-2H3/t15-,22-/m0/s1. The SMILES string of the molecule is CCOC(=O)C=C1CCN([C@@H](C)c2cc(C(F)(F)F)ccc2C(F)(F)F)[C@H](c2ccc(C(F)(F)F)cc2)C1. The van der Waals surface area contributed by atoms with E-state index in [1.54, 1.807) is 6.92 Å². The van der Waals surface area contributed by atoms with Gasteiger partial charge < -0.3 is 4.74 Å². The number of hydrogen-bond acceptors (Lipinski definition) is 3.